The van der Waals surface area contributed by atoms with Crippen molar-refractivity contribution < 1.29 is 38.5 Å². The number of benzene rings is 1. The summed E-state index contributed by atoms with van der Waals surface area (Å²) in [6.07, 6.45) is 2.26. The number of alkyl carbamates (subject to hydrolysis) is 1. The summed E-state index contributed by atoms with van der Waals surface area (Å²) in [5.41, 5.74) is 0.703. The summed E-state index contributed by atoms with van der Waals surface area (Å²) in [7, 11) is 1.67. The van der Waals surface area contributed by atoms with E-state index in [0.717, 1.165) is 44.3 Å². The summed E-state index contributed by atoms with van der Waals surface area (Å²) in [4.78, 5) is 56.0. The van der Waals surface area contributed by atoms with Gasteiger partial charge >= 0.3 is 6.09 Å². The lowest BCUT2D eigenvalue weighted by Gasteiger charge is -2.34. The molecule has 1 aromatic carbocycles. The second-order valence-corrected chi connectivity index (χ2v) is 16.7. The first-order valence-electron chi connectivity index (χ1n) is 20.4. The smallest absolute Gasteiger partial charge is 0.407 e. The predicted molar refractivity (Wildman–Crippen MR) is 216 cm³/mol. The zero-order valence-electron chi connectivity index (χ0n) is 35.5. The maximum Gasteiger partial charge on any atom is 0.407 e. The average Bonchev–Trinajstić information content (AvgIpc) is 3.10. The number of hydrogen-bond donors (Lipinski definition) is 4. The molecule has 1 aliphatic heterocycles. The number of hydrogen-bond acceptors (Lipinski definition) is 9. The van der Waals surface area contributed by atoms with Gasteiger partial charge in [0.15, 0.2) is 0 Å². The number of aliphatic hydroxyl groups excluding tert-OH is 1. The second-order valence-electron chi connectivity index (χ2n) is 16.7. The van der Waals surface area contributed by atoms with Crippen molar-refractivity contribution in [3.63, 3.8) is 0 Å². The van der Waals surface area contributed by atoms with Crippen molar-refractivity contribution in [3.05, 3.63) is 29.3 Å². The van der Waals surface area contributed by atoms with Gasteiger partial charge in [0.1, 0.15) is 11.4 Å². The highest BCUT2D eigenvalue weighted by atomic mass is 16.6. The van der Waals surface area contributed by atoms with Gasteiger partial charge in [0, 0.05) is 72.4 Å². The van der Waals surface area contributed by atoms with Gasteiger partial charge in [-0.2, -0.15) is 0 Å². The molecule has 0 bridgehead atoms. The van der Waals surface area contributed by atoms with E-state index in [-0.39, 0.29) is 48.4 Å². The predicted octanol–water partition coefficient (Wildman–Crippen LogP) is 5.38. The zero-order chi connectivity index (χ0) is 41.1. The first-order chi connectivity index (χ1) is 25.9. The van der Waals surface area contributed by atoms with Crippen LogP contribution in [0.5, 0.6) is 5.75 Å². The Hall–Kier alpha value is -3.42. The fourth-order valence-corrected chi connectivity index (χ4v) is 6.62. The van der Waals surface area contributed by atoms with Crippen LogP contribution in [0.25, 0.3) is 0 Å². The van der Waals surface area contributed by atoms with Gasteiger partial charge in [-0.05, 0) is 88.3 Å². The number of amides is 4. The van der Waals surface area contributed by atoms with Gasteiger partial charge in [0.05, 0.1) is 24.3 Å². The molecule has 0 unspecified atom stereocenters. The van der Waals surface area contributed by atoms with E-state index < -0.39 is 29.8 Å². The van der Waals surface area contributed by atoms with E-state index in [1.165, 1.54) is 0 Å². The molecule has 4 N–H and O–H groups in total. The molecule has 1 aromatic rings. The van der Waals surface area contributed by atoms with Crippen LogP contribution < -0.4 is 20.7 Å². The van der Waals surface area contributed by atoms with Gasteiger partial charge in [-0.3, -0.25) is 19.3 Å². The van der Waals surface area contributed by atoms with Gasteiger partial charge in [-0.25, -0.2) is 4.79 Å². The number of methoxy groups -OCH3 is 1. The Bertz CT molecular complexity index is 1330. The fourth-order valence-electron chi connectivity index (χ4n) is 6.62. The standard InChI is InChI=1S/C42H73N5O8/c1-11-12-17-43-40(51)35(30(4)5)26-37(49)36(45-41(52)55-42(7,8)9)25-33(29(2)3)27-44-39(50)34-16-15-32(24-38(34)54-23-14-13-22-53-10)28-46-18-20-47(21-19-46)31(6)48/h15-16,24,29-30,33,35-37,49H,11-14,17-23,25-28H2,1-10H3,(H,43,51)(H,44,50)(H,45,52)/t33-,35+,36+,37+/m1/s1. The molecule has 4 amide bonds. The Kier molecular flexibility index (Phi) is 21.1. The third-order valence-corrected chi connectivity index (χ3v) is 10.2. The largest absolute Gasteiger partial charge is 0.493 e. The summed E-state index contributed by atoms with van der Waals surface area (Å²) in [5, 5.41) is 20.7. The van der Waals surface area contributed by atoms with E-state index in [2.05, 4.69) is 27.8 Å². The monoisotopic (exact) mass is 776 g/mol. The highest BCUT2D eigenvalue weighted by molar-refractivity contribution is 5.97. The fraction of sp³-hybridized carbons (Fsp3) is 0.762. The highest BCUT2D eigenvalue weighted by Gasteiger charge is 2.33. The van der Waals surface area contributed by atoms with Crippen molar-refractivity contribution in [1.82, 2.24) is 25.8 Å². The third kappa shape index (κ3) is 17.9. The van der Waals surface area contributed by atoms with E-state index >= 15 is 0 Å². The number of nitrogens with zero attached hydrogens (tertiary/aromatic N) is 2. The van der Waals surface area contributed by atoms with Crippen molar-refractivity contribution in [1.29, 1.82) is 0 Å². The summed E-state index contributed by atoms with van der Waals surface area (Å²) < 4.78 is 17.0. The quantitative estimate of drug-likeness (QED) is 0.107. The van der Waals surface area contributed by atoms with Gasteiger partial charge in [0.25, 0.3) is 5.91 Å². The van der Waals surface area contributed by atoms with Crippen LogP contribution in [0, 0.1) is 23.7 Å². The maximum atomic E-state index is 13.8. The van der Waals surface area contributed by atoms with Crippen LogP contribution in [-0.4, -0.2) is 116 Å². The minimum absolute atomic E-state index is 0.0293. The molecule has 0 spiro atoms. The van der Waals surface area contributed by atoms with Crippen molar-refractivity contribution in [2.45, 2.75) is 125 Å². The molecule has 1 heterocycles. The summed E-state index contributed by atoms with van der Waals surface area (Å²) in [6.45, 7) is 22.5. The van der Waals surface area contributed by atoms with Crippen LogP contribution in [0.4, 0.5) is 4.79 Å². The van der Waals surface area contributed by atoms with Crippen LogP contribution in [0.3, 0.4) is 0 Å². The Morgan fingerprint density at radius 3 is 2.16 bits per heavy atom. The molecule has 13 nitrogen and oxygen atoms in total. The lowest BCUT2D eigenvalue weighted by Crippen LogP contribution is -2.49. The first kappa shape index (κ1) is 47.7. The zero-order valence-corrected chi connectivity index (χ0v) is 35.5. The molecule has 4 atom stereocenters. The molecular weight excluding hydrogens is 702 g/mol. The second kappa shape index (κ2) is 24.3. The van der Waals surface area contributed by atoms with E-state index in [1.54, 1.807) is 40.9 Å². The van der Waals surface area contributed by atoms with Gasteiger partial charge in [-0.1, -0.05) is 47.1 Å². The van der Waals surface area contributed by atoms with E-state index in [4.69, 9.17) is 14.2 Å². The molecule has 0 aliphatic carbocycles. The SMILES string of the molecule is CCCCNC(=O)[C@@H](C[C@H](O)[C@H](C[C@H](CNC(=O)c1ccc(CN2CCN(C(C)=O)CC2)cc1OCCCCOC)C(C)C)NC(=O)OC(C)(C)C)C(C)C. The van der Waals surface area contributed by atoms with Crippen LogP contribution in [-0.2, 0) is 25.6 Å². The number of piperazine rings is 1. The number of nitrogens with one attached hydrogen (secondary N) is 3. The molecule has 1 aliphatic rings. The molecule has 0 radical (unpaired) electrons. The van der Waals surface area contributed by atoms with Crippen molar-refractivity contribution in [2.24, 2.45) is 23.7 Å². The van der Waals surface area contributed by atoms with E-state index in [9.17, 15) is 24.3 Å². The topological polar surface area (TPSA) is 159 Å². The minimum Gasteiger partial charge on any atom is -0.493 e. The van der Waals surface area contributed by atoms with Gasteiger partial charge in [0.2, 0.25) is 11.8 Å². The molecule has 2 rings (SSSR count). The number of ether oxygens (including phenoxy) is 3. The van der Waals surface area contributed by atoms with E-state index in [0.29, 0.717) is 57.1 Å². The normalized spacial score (nSPS) is 16.0. The van der Waals surface area contributed by atoms with E-state index in [1.807, 2.05) is 44.7 Å². The number of unbranched alkanes of at least 4 members (excludes halogenated alkanes) is 2. The Morgan fingerprint density at radius 1 is 0.909 bits per heavy atom. The lowest BCUT2D eigenvalue weighted by molar-refractivity contribution is -0.130. The number of carbonyl (C=O) groups excluding carboxylic acids is 4. The van der Waals surface area contributed by atoms with Crippen LogP contribution in [0.15, 0.2) is 18.2 Å². The highest BCUT2D eigenvalue weighted by Crippen LogP contribution is 2.26. The summed E-state index contributed by atoms with van der Waals surface area (Å²) in [5.74, 6) is -0.327. The Balaban J connectivity index is 2.26. The molecule has 0 aromatic heterocycles. The summed E-state index contributed by atoms with van der Waals surface area (Å²) >= 11 is 0. The lowest BCUT2D eigenvalue weighted by atomic mass is 9.82. The third-order valence-electron chi connectivity index (χ3n) is 10.2. The average molecular weight is 776 g/mol. The molecule has 13 heteroatoms. The maximum absolute atomic E-state index is 13.8. The van der Waals surface area contributed by atoms with Gasteiger partial charge in [-0.15, -0.1) is 0 Å². The molecule has 55 heavy (non-hydrogen) atoms. The van der Waals surface area contributed by atoms with Crippen LogP contribution >= 0.6 is 0 Å². The molecular formula is C42H73N5O8. The van der Waals surface area contributed by atoms with Crippen molar-refractivity contribution in [2.75, 3.05) is 59.6 Å². The van der Waals surface area contributed by atoms with Crippen molar-refractivity contribution in [3.8, 4) is 5.75 Å². The Labute approximate surface area is 331 Å². The Morgan fingerprint density at radius 2 is 1.58 bits per heavy atom. The molecule has 314 valence electrons. The molecule has 0 saturated carbocycles. The van der Waals surface area contributed by atoms with Gasteiger partial charge < -0.3 is 40.2 Å². The first-order valence-corrected chi connectivity index (χ1v) is 20.4. The van der Waals surface area contributed by atoms with Crippen LogP contribution in [0.1, 0.15) is 117 Å². The number of aliphatic hydroxyl groups is 1. The summed E-state index contributed by atoms with van der Waals surface area (Å²) in [6, 6.07) is 4.96. The minimum atomic E-state index is -1.04. The van der Waals surface area contributed by atoms with Crippen LogP contribution in [0.2, 0.25) is 0 Å². The number of carbonyl (C=O) groups is 4. The number of rotatable bonds is 23. The van der Waals surface area contributed by atoms with Crippen molar-refractivity contribution >= 4 is 23.8 Å². The molecule has 1 fully saturated rings. The molecule has 1 saturated heterocycles.